The Hall–Kier alpha value is -0.430. The highest BCUT2D eigenvalue weighted by Gasteiger charge is 2.18. The van der Waals surface area contributed by atoms with Crippen molar-refractivity contribution in [2.45, 2.75) is 50.4 Å². The zero-order valence-corrected chi connectivity index (χ0v) is 12.8. The predicted molar refractivity (Wildman–Crippen MR) is 76.4 cm³/mol. The molecule has 0 spiro atoms. The quantitative estimate of drug-likeness (QED) is 0.772. The lowest BCUT2D eigenvalue weighted by atomic mass is 10.2. The van der Waals surface area contributed by atoms with Crippen molar-refractivity contribution >= 4 is 21.4 Å². The maximum Gasteiger partial charge on any atom is 0.250 e. The van der Waals surface area contributed by atoms with Crippen LogP contribution in [-0.4, -0.2) is 21.0 Å². The first-order valence-corrected chi connectivity index (χ1v) is 8.66. The van der Waals surface area contributed by atoms with E-state index in [1.54, 1.807) is 6.07 Å². The lowest BCUT2D eigenvalue weighted by molar-refractivity contribution is 0.545. The lowest BCUT2D eigenvalue weighted by Gasteiger charge is -2.11. The van der Waals surface area contributed by atoms with Crippen LogP contribution in [0, 0.1) is 0 Å². The molecule has 1 heterocycles. The van der Waals surface area contributed by atoms with Crippen molar-refractivity contribution in [2.75, 3.05) is 6.54 Å². The van der Waals surface area contributed by atoms with Gasteiger partial charge in [0.1, 0.15) is 4.21 Å². The fraction of sp³-hybridized carbons (Fsp3) is 0.667. The fourth-order valence-electron chi connectivity index (χ4n) is 1.67. The minimum absolute atomic E-state index is 0.0145. The normalized spacial score (nSPS) is 13.7. The van der Waals surface area contributed by atoms with Gasteiger partial charge in [0.15, 0.2) is 0 Å². The molecule has 2 N–H and O–H groups in total. The molecule has 0 aromatic carbocycles. The van der Waals surface area contributed by atoms with Crippen LogP contribution in [0.15, 0.2) is 15.7 Å². The van der Waals surface area contributed by atoms with Gasteiger partial charge in [-0.1, -0.05) is 20.3 Å². The number of hydrogen-bond donors (Lipinski definition) is 2. The summed E-state index contributed by atoms with van der Waals surface area (Å²) < 4.78 is 27.3. The highest BCUT2D eigenvalue weighted by Crippen LogP contribution is 2.20. The van der Waals surface area contributed by atoms with Gasteiger partial charge in [-0.15, -0.1) is 11.3 Å². The van der Waals surface area contributed by atoms with E-state index in [1.807, 2.05) is 26.2 Å². The number of rotatable bonds is 8. The number of nitrogens with one attached hydrogen (secondary N) is 2. The number of thiophene rings is 1. The van der Waals surface area contributed by atoms with E-state index in [1.165, 1.54) is 11.3 Å². The number of sulfonamides is 1. The van der Waals surface area contributed by atoms with Crippen LogP contribution in [0.2, 0.25) is 0 Å². The zero-order valence-electron chi connectivity index (χ0n) is 11.2. The van der Waals surface area contributed by atoms with E-state index < -0.39 is 10.0 Å². The zero-order chi connectivity index (χ0) is 13.6. The Morgan fingerprint density at radius 2 is 2.11 bits per heavy atom. The number of hydrogen-bond acceptors (Lipinski definition) is 4. The molecule has 0 bridgehead atoms. The summed E-state index contributed by atoms with van der Waals surface area (Å²) in [6, 6.07) is 1.73. The van der Waals surface area contributed by atoms with E-state index in [9.17, 15) is 8.42 Å². The van der Waals surface area contributed by atoms with Gasteiger partial charge in [0.25, 0.3) is 0 Å². The van der Waals surface area contributed by atoms with Crippen LogP contribution in [0.4, 0.5) is 0 Å². The molecular weight excluding hydrogens is 268 g/mol. The minimum atomic E-state index is -3.35. The molecule has 0 saturated heterocycles. The molecule has 0 saturated carbocycles. The average Bonchev–Trinajstić information content (AvgIpc) is 2.75. The highest BCUT2D eigenvalue weighted by atomic mass is 32.2. The Labute approximate surface area is 114 Å². The van der Waals surface area contributed by atoms with E-state index in [-0.39, 0.29) is 6.04 Å². The maximum absolute atomic E-state index is 12.1. The fourth-order valence-corrected chi connectivity index (χ4v) is 4.17. The van der Waals surface area contributed by atoms with Gasteiger partial charge in [0, 0.05) is 12.6 Å². The van der Waals surface area contributed by atoms with E-state index in [4.69, 9.17) is 0 Å². The molecule has 104 valence electrons. The van der Waals surface area contributed by atoms with Crippen LogP contribution >= 0.6 is 11.3 Å². The van der Waals surface area contributed by atoms with Crippen LogP contribution in [0.25, 0.3) is 0 Å². The van der Waals surface area contributed by atoms with E-state index in [0.29, 0.717) is 10.8 Å². The summed E-state index contributed by atoms with van der Waals surface area (Å²) in [5.41, 5.74) is 1.02. The van der Waals surface area contributed by atoms with Gasteiger partial charge in [-0.05, 0) is 36.9 Å². The van der Waals surface area contributed by atoms with Gasteiger partial charge in [-0.2, -0.15) is 0 Å². The summed E-state index contributed by atoms with van der Waals surface area (Å²) in [7, 11) is -3.35. The largest absolute Gasteiger partial charge is 0.313 e. The molecule has 0 radical (unpaired) electrons. The topological polar surface area (TPSA) is 58.2 Å². The Morgan fingerprint density at radius 1 is 1.39 bits per heavy atom. The van der Waals surface area contributed by atoms with Crippen LogP contribution in [0.3, 0.4) is 0 Å². The maximum atomic E-state index is 12.1. The van der Waals surface area contributed by atoms with E-state index >= 15 is 0 Å². The third kappa shape index (κ3) is 4.68. The molecular formula is C12H22N2O2S2. The van der Waals surface area contributed by atoms with Crippen molar-refractivity contribution in [1.29, 1.82) is 0 Å². The first kappa shape index (κ1) is 15.6. The Balaban J connectivity index is 2.69. The van der Waals surface area contributed by atoms with Crippen LogP contribution in [0.5, 0.6) is 0 Å². The van der Waals surface area contributed by atoms with Gasteiger partial charge >= 0.3 is 0 Å². The molecule has 4 nitrogen and oxygen atoms in total. The molecule has 0 amide bonds. The molecule has 0 aliphatic rings. The molecule has 18 heavy (non-hydrogen) atoms. The van der Waals surface area contributed by atoms with E-state index in [2.05, 4.69) is 10.0 Å². The van der Waals surface area contributed by atoms with Gasteiger partial charge in [-0.25, -0.2) is 13.1 Å². The summed E-state index contributed by atoms with van der Waals surface area (Å²) in [6.45, 7) is 7.56. The molecule has 1 aromatic heterocycles. The summed E-state index contributed by atoms with van der Waals surface area (Å²) >= 11 is 1.28. The van der Waals surface area contributed by atoms with Gasteiger partial charge in [0.2, 0.25) is 10.0 Å². The monoisotopic (exact) mass is 290 g/mol. The average molecular weight is 290 g/mol. The molecule has 0 fully saturated rings. The van der Waals surface area contributed by atoms with Crippen molar-refractivity contribution in [3.8, 4) is 0 Å². The predicted octanol–water partition coefficient (Wildman–Crippen LogP) is 2.32. The van der Waals surface area contributed by atoms with Crippen molar-refractivity contribution in [3.05, 3.63) is 17.0 Å². The summed E-state index contributed by atoms with van der Waals surface area (Å²) in [5, 5.41) is 5.07. The Morgan fingerprint density at radius 3 is 2.72 bits per heavy atom. The summed E-state index contributed by atoms with van der Waals surface area (Å²) in [4.78, 5) is 0. The Kier molecular flexibility index (Phi) is 6.28. The van der Waals surface area contributed by atoms with Crippen LogP contribution in [0.1, 0.15) is 39.2 Å². The smallest absolute Gasteiger partial charge is 0.250 e. The molecule has 1 unspecified atom stereocenters. The third-order valence-corrected chi connectivity index (χ3v) is 5.63. The standard InChI is InChI=1S/C12H22N2O2S2/c1-4-6-10(3)14-18(15,16)12-7-11(9-17-12)8-13-5-2/h7,9-10,13-14H,4-6,8H2,1-3H3. The second kappa shape index (κ2) is 7.23. The van der Waals surface area contributed by atoms with Crippen LogP contribution < -0.4 is 10.0 Å². The molecule has 1 rings (SSSR count). The third-order valence-electron chi connectivity index (χ3n) is 2.55. The summed E-state index contributed by atoms with van der Waals surface area (Å²) in [5.74, 6) is 0. The first-order valence-electron chi connectivity index (χ1n) is 6.30. The molecule has 1 aromatic rings. The van der Waals surface area contributed by atoms with Crippen molar-refractivity contribution in [3.63, 3.8) is 0 Å². The van der Waals surface area contributed by atoms with Crippen molar-refractivity contribution in [2.24, 2.45) is 0 Å². The Bertz CT molecular complexity index is 454. The van der Waals surface area contributed by atoms with E-state index in [0.717, 1.165) is 24.9 Å². The van der Waals surface area contributed by atoms with Gasteiger partial charge in [0.05, 0.1) is 0 Å². The summed E-state index contributed by atoms with van der Waals surface area (Å²) in [6.07, 6.45) is 1.83. The second-order valence-corrected chi connectivity index (χ2v) is 7.22. The molecule has 6 heteroatoms. The second-order valence-electron chi connectivity index (χ2n) is 4.37. The SMILES string of the molecule is CCCC(C)NS(=O)(=O)c1cc(CNCC)cs1. The minimum Gasteiger partial charge on any atom is -0.313 e. The van der Waals surface area contributed by atoms with Gasteiger partial charge < -0.3 is 5.32 Å². The molecule has 0 aliphatic carbocycles. The first-order chi connectivity index (χ1) is 8.49. The van der Waals surface area contributed by atoms with Gasteiger partial charge in [-0.3, -0.25) is 0 Å². The van der Waals surface area contributed by atoms with Crippen molar-refractivity contribution < 1.29 is 8.42 Å². The molecule has 0 aliphatic heterocycles. The van der Waals surface area contributed by atoms with Crippen molar-refractivity contribution in [1.82, 2.24) is 10.0 Å². The van der Waals surface area contributed by atoms with Crippen LogP contribution in [-0.2, 0) is 16.6 Å². The molecule has 1 atom stereocenters. The highest BCUT2D eigenvalue weighted by molar-refractivity contribution is 7.91. The lowest BCUT2D eigenvalue weighted by Crippen LogP contribution is -2.31.